The smallest absolute Gasteiger partial charge is 0.496 e. The summed E-state index contributed by atoms with van der Waals surface area (Å²) in [6, 6.07) is 13.0. The first-order valence-electron chi connectivity index (χ1n) is 9.09. The van der Waals surface area contributed by atoms with Crippen LogP contribution in [0.4, 0.5) is 13.2 Å². The topological polar surface area (TPSA) is 51.7 Å². The summed E-state index contributed by atoms with van der Waals surface area (Å²) in [5.74, 6) is 0.00503. The molecule has 0 saturated heterocycles. The van der Waals surface area contributed by atoms with Gasteiger partial charge in [-0.15, -0.1) is 13.2 Å². The van der Waals surface area contributed by atoms with Gasteiger partial charge in [0.15, 0.2) is 0 Å². The number of hydrogen-bond donors (Lipinski definition) is 0. The molecule has 0 atom stereocenters. The summed E-state index contributed by atoms with van der Waals surface area (Å²) in [5.41, 5.74) is 3.91. The lowest BCUT2D eigenvalue weighted by atomic mass is 10.00. The summed E-state index contributed by atoms with van der Waals surface area (Å²) in [6.45, 7) is 0.637. The van der Waals surface area contributed by atoms with Crippen LogP contribution in [0.2, 0.25) is 0 Å². The number of carbonyl (C=O) groups excluding carboxylic acids is 1. The summed E-state index contributed by atoms with van der Waals surface area (Å²) in [5, 5.41) is 0. The normalized spacial score (nSPS) is 13.3. The molecule has 1 amide bonds. The third-order valence-electron chi connectivity index (χ3n) is 4.81. The minimum atomic E-state index is -4.74. The van der Waals surface area contributed by atoms with Crippen molar-refractivity contribution in [1.29, 1.82) is 0 Å². The number of fused-ring (bicyclic) bond motifs is 1. The van der Waals surface area contributed by atoms with Crippen molar-refractivity contribution < 1.29 is 27.4 Å². The first-order valence-corrected chi connectivity index (χ1v) is 9.09. The molecule has 0 bridgehead atoms. The first-order chi connectivity index (χ1) is 14.3. The van der Waals surface area contributed by atoms with Crippen LogP contribution in [0.15, 0.2) is 60.9 Å². The zero-order chi connectivity index (χ0) is 21.3. The molecule has 0 unspecified atom stereocenters. The second kappa shape index (κ2) is 7.70. The van der Waals surface area contributed by atoms with Crippen LogP contribution < -0.4 is 9.47 Å². The Morgan fingerprint density at radius 2 is 1.73 bits per heavy atom. The molecule has 1 aliphatic rings. The Hall–Kier alpha value is -3.55. The molecular weight excluding hydrogens is 397 g/mol. The van der Waals surface area contributed by atoms with Gasteiger partial charge in [0.1, 0.15) is 11.5 Å². The van der Waals surface area contributed by atoms with Crippen LogP contribution >= 0.6 is 0 Å². The van der Waals surface area contributed by atoms with Gasteiger partial charge in [-0.1, -0.05) is 12.1 Å². The minimum absolute atomic E-state index is 0.182. The molecule has 0 radical (unpaired) electrons. The SMILES string of the molecule is COc1cc(-c2ccncc2)cc2c1C(=O)N(Cc1ccc(OC(F)(F)F)cc1)C2. The van der Waals surface area contributed by atoms with E-state index in [1.165, 1.54) is 31.4 Å². The molecule has 154 valence electrons. The first kappa shape index (κ1) is 19.8. The number of alkyl halides is 3. The average Bonchev–Trinajstić information content (AvgIpc) is 3.04. The standard InChI is InChI=1S/C22H17F3N2O3/c1-29-19-11-16(15-6-8-26-9-7-15)10-17-13-27(21(28)20(17)19)12-14-2-4-18(5-3-14)30-22(23,24)25/h2-11H,12-13H2,1H3. The van der Waals surface area contributed by atoms with Gasteiger partial charge < -0.3 is 14.4 Å². The summed E-state index contributed by atoms with van der Waals surface area (Å²) >= 11 is 0. The Bertz CT molecular complexity index is 1070. The summed E-state index contributed by atoms with van der Waals surface area (Å²) in [4.78, 5) is 18.6. The highest BCUT2D eigenvalue weighted by Gasteiger charge is 2.32. The molecule has 1 aliphatic heterocycles. The molecule has 3 aromatic rings. The van der Waals surface area contributed by atoms with Gasteiger partial charge in [0.05, 0.1) is 12.7 Å². The number of hydrogen-bond acceptors (Lipinski definition) is 4. The molecule has 1 aromatic heterocycles. The second-order valence-corrected chi connectivity index (χ2v) is 6.80. The van der Waals surface area contributed by atoms with E-state index in [9.17, 15) is 18.0 Å². The van der Waals surface area contributed by atoms with Crippen molar-refractivity contribution in [1.82, 2.24) is 9.88 Å². The molecule has 0 aliphatic carbocycles. The maximum Gasteiger partial charge on any atom is 0.573 e. The fraction of sp³-hybridized carbons (Fsp3) is 0.182. The highest BCUT2D eigenvalue weighted by atomic mass is 19.4. The molecule has 0 N–H and O–H groups in total. The minimum Gasteiger partial charge on any atom is -0.496 e. The van der Waals surface area contributed by atoms with E-state index >= 15 is 0 Å². The lowest BCUT2D eigenvalue weighted by Gasteiger charge is -2.16. The van der Waals surface area contributed by atoms with Crippen LogP contribution in [0.3, 0.4) is 0 Å². The van der Waals surface area contributed by atoms with Gasteiger partial charge in [0, 0.05) is 25.5 Å². The molecule has 4 rings (SSSR count). The van der Waals surface area contributed by atoms with Gasteiger partial charge in [-0.25, -0.2) is 0 Å². The molecule has 2 aromatic carbocycles. The zero-order valence-corrected chi connectivity index (χ0v) is 15.9. The third kappa shape index (κ3) is 4.07. The van der Waals surface area contributed by atoms with Crippen molar-refractivity contribution in [2.75, 3.05) is 7.11 Å². The van der Waals surface area contributed by atoms with Gasteiger partial charge in [-0.05, 0) is 58.7 Å². The number of aromatic nitrogens is 1. The molecule has 30 heavy (non-hydrogen) atoms. The second-order valence-electron chi connectivity index (χ2n) is 6.80. The molecule has 2 heterocycles. The predicted octanol–water partition coefficient (Wildman–Crippen LogP) is 4.81. The lowest BCUT2D eigenvalue weighted by molar-refractivity contribution is -0.274. The number of benzene rings is 2. The summed E-state index contributed by atoms with van der Waals surface area (Å²) in [7, 11) is 1.52. The number of nitrogens with zero attached hydrogens (tertiary/aromatic N) is 2. The van der Waals surface area contributed by atoms with Crippen molar-refractivity contribution in [3.05, 3.63) is 77.6 Å². The van der Waals surface area contributed by atoms with Gasteiger partial charge in [0.25, 0.3) is 5.91 Å². The van der Waals surface area contributed by atoms with Crippen molar-refractivity contribution in [3.63, 3.8) is 0 Å². The van der Waals surface area contributed by atoms with Gasteiger partial charge >= 0.3 is 6.36 Å². The number of ether oxygens (including phenoxy) is 2. The number of carbonyl (C=O) groups is 1. The number of rotatable bonds is 5. The predicted molar refractivity (Wildman–Crippen MR) is 103 cm³/mol. The number of halogens is 3. The van der Waals surface area contributed by atoms with Crippen LogP contribution in [0.5, 0.6) is 11.5 Å². The highest BCUT2D eigenvalue weighted by Crippen LogP contribution is 2.36. The molecule has 0 spiro atoms. The van der Waals surface area contributed by atoms with E-state index in [1.54, 1.807) is 17.3 Å². The lowest BCUT2D eigenvalue weighted by Crippen LogP contribution is -2.23. The molecule has 8 heteroatoms. The number of methoxy groups -OCH3 is 1. The van der Waals surface area contributed by atoms with Crippen molar-refractivity contribution in [3.8, 4) is 22.6 Å². The maximum absolute atomic E-state index is 12.9. The van der Waals surface area contributed by atoms with Gasteiger partial charge in [0.2, 0.25) is 0 Å². The number of amides is 1. The van der Waals surface area contributed by atoms with E-state index in [1.807, 2.05) is 24.3 Å². The Morgan fingerprint density at radius 1 is 1.03 bits per heavy atom. The highest BCUT2D eigenvalue weighted by molar-refractivity contribution is 6.01. The third-order valence-corrected chi connectivity index (χ3v) is 4.81. The van der Waals surface area contributed by atoms with Crippen LogP contribution in [0.25, 0.3) is 11.1 Å². The van der Waals surface area contributed by atoms with E-state index in [-0.39, 0.29) is 18.2 Å². The van der Waals surface area contributed by atoms with Crippen LogP contribution in [-0.2, 0) is 13.1 Å². The molecule has 5 nitrogen and oxygen atoms in total. The van der Waals surface area contributed by atoms with Crippen molar-refractivity contribution in [2.45, 2.75) is 19.5 Å². The summed E-state index contributed by atoms with van der Waals surface area (Å²) in [6.07, 6.45) is -1.35. The fourth-order valence-electron chi connectivity index (χ4n) is 3.49. The molecule has 0 fully saturated rings. The van der Waals surface area contributed by atoms with Gasteiger partial charge in [-0.2, -0.15) is 0 Å². The van der Waals surface area contributed by atoms with Crippen molar-refractivity contribution in [2.24, 2.45) is 0 Å². The van der Waals surface area contributed by atoms with E-state index in [0.717, 1.165) is 16.7 Å². The average molecular weight is 414 g/mol. The fourth-order valence-corrected chi connectivity index (χ4v) is 3.49. The largest absolute Gasteiger partial charge is 0.573 e. The quantitative estimate of drug-likeness (QED) is 0.601. The van der Waals surface area contributed by atoms with Crippen LogP contribution in [0, 0.1) is 0 Å². The molecular formula is C22H17F3N2O3. The Labute approximate surface area is 170 Å². The van der Waals surface area contributed by atoms with Crippen LogP contribution in [-0.4, -0.2) is 29.3 Å². The Balaban J connectivity index is 1.56. The molecule has 0 saturated carbocycles. The van der Waals surface area contributed by atoms with Gasteiger partial charge in [-0.3, -0.25) is 9.78 Å². The van der Waals surface area contributed by atoms with E-state index in [2.05, 4.69) is 9.72 Å². The summed E-state index contributed by atoms with van der Waals surface area (Å²) < 4.78 is 46.3. The van der Waals surface area contributed by atoms with E-state index in [0.29, 0.717) is 23.4 Å². The van der Waals surface area contributed by atoms with Crippen molar-refractivity contribution >= 4 is 5.91 Å². The van der Waals surface area contributed by atoms with E-state index < -0.39 is 6.36 Å². The number of pyridine rings is 1. The monoisotopic (exact) mass is 414 g/mol. The Kier molecular flexibility index (Phi) is 5.07. The zero-order valence-electron chi connectivity index (χ0n) is 15.9. The Morgan fingerprint density at radius 3 is 2.37 bits per heavy atom. The van der Waals surface area contributed by atoms with E-state index in [4.69, 9.17) is 4.74 Å². The van der Waals surface area contributed by atoms with Crippen LogP contribution in [0.1, 0.15) is 21.5 Å². The maximum atomic E-state index is 12.9.